The largest absolute Gasteiger partial charge is 0.417 e. The van der Waals surface area contributed by atoms with Gasteiger partial charge in [-0.1, -0.05) is 24.3 Å². The highest BCUT2D eigenvalue weighted by molar-refractivity contribution is 5.82. The van der Waals surface area contributed by atoms with E-state index >= 15 is 0 Å². The number of alkyl halides is 3. The Morgan fingerprint density at radius 3 is 2.41 bits per heavy atom. The SMILES string of the molecule is CNC(=O)Cc1ccccc1-c1cc(F)ccc1C(F)(F)F. The van der Waals surface area contributed by atoms with Crippen molar-refractivity contribution in [1.29, 1.82) is 0 Å². The smallest absolute Gasteiger partial charge is 0.359 e. The summed E-state index contributed by atoms with van der Waals surface area (Å²) in [7, 11) is 1.44. The van der Waals surface area contributed by atoms with Crippen LogP contribution in [-0.4, -0.2) is 13.0 Å². The highest BCUT2D eigenvalue weighted by Crippen LogP contribution is 2.38. The standard InChI is InChI=1S/C16H13F4NO/c1-21-15(22)8-10-4-2-3-5-12(10)13-9-11(17)6-7-14(13)16(18,19)20/h2-7,9H,8H2,1H3,(H,21,22). The lowest BCUT2D eigenvalue weighted by Gasteiger charge is -2.16. The molecule has 116 valence electrons. The van der Waals surface area contributed by atoms with Gasteiger partial charge in [-0.3, -0.25) is 4.79 Å². The van der Waals surface area contributed by atoms with Gasteiger partial charge in [0.2, 0.25) is 5.91 Å². The zero-order valence-corrected chi connectivity index (χ0v) is 11.7. The number of hydrogen-bond donors (Lipinski definition) is 1. The lowest BCUT2D eigenvalue weighted by molar-refractivity contribution is -0.137. The Labute approximate surface area is 124 Å². The lowest BCUT2D eigenvalue weighted by Crippen LogP contribution is -2.20. The first-order chi connectivity index (χ1) is 10.3. The van der Waals surface area contributed by atoms with Gasteiger partial charge in [0.15, 0.2) is 0 Å². The second kappa shape index (κ2) is 6.17. The monoisotopic (exact) mass is 311 g/mol. The maximum atomic E-state index is 13.4. The number of hydrogen-bond acceptors (Lipinski definition) is 1. The Bertz CT molecular complexity index is 695. The number of carbonyl (C=O) groups is 1. The van der Waals surface area contributed by atoms with E-state index in [1.54, 1.807) is 18.2 Å². The number of halogens is 4. The van der Waals surface area contributed by atoms with Crippen LogP contribution in [0.2, 0.25) is 0 Å². The quantitative estimate of drug-likeness (QED) is 0.858. The zero-order chi connectivity index (χ0) is 16.3. The summed E-state index contributed by atoms with van der Waals surface area (Å²) in [6.45, 7) is 0. The molecule has 0 aliphatic heterocycles. The molecule has 2 rings (SSSR count). The van der Waals surface area contributed by atoms with Crippen LogP contribution in [0.4, 0.5) is 17.6 Å². The molecule has 0 aliphatic carbocycles. The van der Waals surface area contributed by atoms with Crippen molar-refractivity contribution in [3.05, 3.63) is 59.4 Å². The summed E-state index contributed by atoms with van der Waals surface area (Å²) in [5, 5.41) is 2.41. The maximum Gasteiger partial charge on any atom is 0.417 e. The van der Waals surface area contributed by atoms with Crippen molar-refractivity contribution in [2.75, 3.05) is 7.05 Å². The summed E-state index contributed by atoms with van der Waals surface area (Å²) in [6, 6.07) is 8.49. The van der Waals surface area contributed by atoms with Gasteiger partial charge in [-0.15, -0.1) is 0 Å². The summed E-state index contributed by atoms with van der Waals surface area (Å²) < 4.78 is 52.8. The van der Waals surface area contributed by atoms with Crippen LogP contribution in [0.3, 0.4) is 0 Å². The van der Waals surface area contributed by atoms with E-state index < -0.39 is 17.6 Å². The van der Waals surface area contributed by atoms with Crippen LogP contribution in [0.25, 0.3) is 11.1 Å². The summed E-state index contributed by atoms with van der Waals surface area (Å²) in [5.74, 6) is -1.10. The van der Waals surface area contributed by atoms with Crippen molar-refractivity contribution < 1.29 is 22.4 Å². The van der Waals surface area contributed by atoms with Gasteiger partial charge in [0.25, 0.3) is 0 Å². The zero-order valence-electron chi connectivity index (χ0n) is 11.7. The number of amides is 1. The molecule has 0 saturated heterocycles. The second-order valence-electron chi connectivity index (χ2n) is 4.69. The molecule has 0 heterocycles. The first-order valence-electron chi connectivity index (χ1n) is 6.48. The van der Waals surface area contributed by atoms with Crippen LogP contribution in [0.1, 0.15) is 11.1 Å². The topological polar surface area (TPSA) is 29.1 Å². The van der Waals surface area contributed by atoms with E-state index in [0.717, 1.165) is 12.1 Å². The molecule has 0 unspecified atom stereocenters. The van der Waals surface area contributed by atoms with Gasteiger partial charge >= 0.3 is 6.18 Å². The van der Waals surface area contributed by atoms with Gasteiger partial charge in [-0.25, -0.2) is 4.39 Å². The van der Waals surface area contributed by atoms with E-state index in [1.807, 2.05) is 0 Å². The third kappa shape index (κ3) is 3.44. The minimum Gasteiger partial charge on any atom is -0.359 e. The van der Waals surface area contributed by atoms with Gasteiger partial charge in [0.05, 0.1) is 12.0 Å². The molecule has 1 amide bonds. The van der Waals surface area contributed by atoms with Crippen LogP contribution < -0.4 is 5.32 Å². The van der Waals surface area contributed by atoms with E-state index in [0.29, 0.717) is 11.6 Å². The molecule has 0 aliphatic rings. The highest BCUT2D eigenvalue weighted by Gasteiger charge is 2.34. The average molecular weight is 311 g/mol. The molecule has 0 fully saturated rings. The number of carbonyl (C=O) groups excluding carboxylic acids is 1. The van der Waals surface area contributed by atoms with Gasteiger partial charge in [0.1, 0.15) is 5.82 Å². The Morgan fingerprint density at radius 2 is 1.77 bits per heavy atom. The van der Waals surface area contributed by atoms with Crippen molar-refractivity contribution in [2.24, 2.45) is 0 Å². The maximum absolute atomic E-state index is 13.4. The number of rotatable bonds is 3. The Morgan fingerprint density at radius 1 is 1.09 bits per heavy atom. The van der Waals surface area contributed by atoms with Gasteiger partial charge < -0.3 is 5.32 Å². The molecule has 0 spiro atoms. The third-order valence-electron chi connectivity index (χ3n) is 3.22. The molecule has 6 heteroatoms. The molecule has 2 aromatic rings. The fraction of sp³-hybridized carbons (Fsp3) is 0.188. The predicted octanol–water partition coefficient (Wildman–Crippen LogP) is 3.80. The van der Waals surface area contributed by atoms with E-state index in [1.165, 1.54) is 13.1 Å². The summed E-state index contributed by atoms with van der Waals surface area (Å²) in [6.07, 6.45) is -4.69. The average Bonchev–Trinajstić information content (AvgIpc) is 2.46. The third-order valence-corrected chi connectivity index (χ3v) is 3.22. The molecule has 0 bridgehead atoms. The van der Waals surface area contributed by atoms with Crippen molar-refractivity contribution in [3.8, 4) is 11.1 Å². The molecular weight excluding hydrogens is 298 g/mol. The van der Waals surface area contributed by atoms with E-state index in [-0.39, 0.29) is 23.5 Å². The Balaban J connectivity index is 2.62. The minimum atomic E-state index is -4.61. The molecule has 0 atom stereocenters. The van der Waals surface area contributed by atoms with E-state index in [9.17, 15) is 22.4 Å². The molecule has 2 nitrogen and oxygen atoms in total. The van der Waals surface area contributed by atoms with Crippen molar-refractivity contribution in [3.63, 3.8) is 0 Å². The summed E-state index contributed by atoms with van der Waals surface area (Å²) >= 11 is 0. The minimum absolute atomic E-state index is 0.0829. The molecule has 0 aromatic heterocycles. The molecule has 22 heavy (non-hydrogen) atoms. The first kappa shape index (κ1) is 16.0. The fourth-order valence-electron chi connectivity index (χ4n) is 2.19. The lowest BCUT2D eigenvalue weighted by atomic mass is 9.93. The van der Waals surface area contributed by atoms with E-state index in [2.05, 4.69) is 5.32 Å². The van der Waals surface area contributed by atoms with E-state index in [4.69, 9.17) is 0 Å². The number of likely N-dealkylation sites (N-methyl/N-ethyl adjacent to an activating group) is 1. The highest BCUT2D eigenvalue weighted by atomic mass is 19.4. The van der Waals surface area contributed by atoms with Crippen LogP contribution in [0, 0.1) is 5.82 Å². The predicted molar refractivity (Wildman–Crippen MR) is 74.6 cm³/mol. The first-order valence-corrected chi connectivity index (χ1v) is 6.48. The molecule has 2 aromatic carbocycles. The van der Waals surface area contributed by atoms with Crippen LogP contribution in [0.15, 0.2) is 42.5 Å². The normalized spacial score (nSPS) is 11.3. The molecule has 0 radical (unpaired) electrons. The van der Waals surface area contributed by atoms with Crippen molar-refractivity contribution >= 4 is 5.91 Å². The second-order valence-corrected chi connectivity index (χ2v) is 4.69. The Hall–Kier alpha value is -2.37. The fourth-order valence-corrected chi connectivity index (χ4v) is 2.19. The summed E-state index contributed by atoms with van der Waals surface area (Å²) in [5.41, 5.74) is -0.610. The number of benzene rings is 2. The van der Waals surface area contributed by atoms with Gasteiger partial charge in [-0.05, 0) is 34.9 Å². The van der Waals surface area contributed by atoms with Crippen molar-refractivity contribution in [1.82, 2.24) is 5.32 Å². The molecule has 1 N–H and O–H groups in total. The van der Waals surface area contributed by atoms with Crippen LogP contribution >= 0.6 is 0 Å². The number of nitrogens with one attached hydrogen (secondary N) is 1. The van der Waals surface area contributed by atoms with Crippen molar-refractivity contribution in [2.45, 2.75) is 12.6 Å². The van der Waals surface area contributed by atoms with Crippen LogP contribution in [0.5, 0.6) is 0 Å². The van der Waals surface area contributed by atoms with Crippen LogP contribution in [-0.2, 0) is 17.4 Å². The molecule has 0 saturated carbocycles. The molecular formula is C16H13F4NO. The Kier molecular flexibility index (Phi) is 4.49. The summed E-state index contributed by atoms with van der Waals surface area (Å²) in [4.78, 5) is 11.5. The van der Waals surface area contributed by atoms with Gasteiger partial charge in [0, 0.05) is 7.05 Å². The van der Waals surface area contributed by atoms with Gasteiger partial charge in [-0.2, -0.15) is 13.2 Å².